The SMILES string of the molecule is NC(CO)(CO)CO.O=Pc1ccccc1O. The lowest BCUT2D eigenvalue weighted by atomic mass is 10.1. The minimum absolute atomic E-state index is 0.0779. The van der Waals surface area contributed by atoms with Gasteiger partial charge in [0.1, 0.15) is 5.75 Å². The minimum atomic E-state index is -1.21. The predicted molar refractivity (Wildman–Crippen MR) is 63.5 cm³/mol. The molecule has 1 rings (SSSR count). The number of nitrogens with two attached hydrogens (primary N) is 1. The van der Waals surface area contributed by atoms with Crippen LogP contribution in [0.15, 0.2) is 24.3 Å². The van der Waals surface area contributed by atoms with Crippen LogP contribution in [0.25, 0.3) is 0 Å². The zero-order valence-corrected chi connectivity index (χ0v) is 10.0. The van der Waals surface area contributed by atoms with Gasteiger partial charge >= 0.3 is 0 Å². The van der Waals surface area contributed by atoms with Crippen LogP contribution in [0.1, 0.15) is 0 Å². The molecule has 7 heteroatoms. The fourth-order valence-electron chi connectivity index (χ4n) is 0.691. The van der Waals surface area contributed by atoms with Gasteiger partial charge in [0.2, 0.25) is 0 Å². The van der Waals surface area contributed by atoms with Crippen LogP contribution in [0.4, 0.5) is 0 Å². The molecule has 0 bridgehead atoms. The van der Waals surface area contributed by atoms with Crippen molar-refractivity contribution in [1.82, 2.24) is 0 Å². The maximum Gasteiger partial charge on any atom is 0.196 e. The Bertz CT molecular complexity index is 335. The average molecular weight is 261 g/mol. The van der Waals surface area contributed by atoms with Crippen LogP contribution >= 0.6 is 8.46 Å². The molecule has 6 nitrogen and oxygen atoms in total. The second-order valence-corrected chi connectivity index (χ2v) is 4.08. The number of phenols is 1. The first-order chi connectivity index (χ1) is 8.02. The van der Waals surface area contributed by atoms with Gasteiger partial charge in [-0.25, -0.2) is 0 Å². The Labute approximate surface area is 101 Å². The molecule has 1 aromatic rings. The summed E-state index contributed by atoms with van der Waals surface area (Å²) in [5.41, 5.74) is 3.94. The average Bonchev–Trinajstić information content (AvgIpc) is 2.39. The smallest absolute Gasteiger partial charge is 0.196 e. The van der Waals surface area contributed by atoms with Crippen molar-refractivity contribution in [2.75, 3.05) is 19.8 Å². The monoisotopic (exact) mass is 261 g/mol. The number of aromatic hydroxyl groups is 1. The van der Waals surface area contributed by atoms with Crippen LogP contribution in [0, 0.1) is 0 Å². The van der Waals surface area contributed by atoms with Crippen molar-refractivity contribution >= 4 is 13.8 Å². The van der Waals surface area contributed by atoms with Crippen molar-refractivity contribution < 1.29 is 25.0 Å². The first kappa shape index (κ1) is 16.0. The van der Waals surface area contributed by atoms with Crippen LogP contribution in [0.3, 0.4) is 0 Å². The zero-order chi connectivity index (χ0) is 13.3. The first-order valence-electron chi connectivity index (χ1n) is 4.76. The summed E-state index contributed by atoms with van der Waals surface area (Å²) in [7, 11) is -0.138. The molecule has 17 heavy (non-hydrogen) atoms. The van der Waals surface area contributed by atoms with Gasteiger partial charge in [-0.3, -0.25) is 4.57 Å². The van der Waals surface area contributed by atoms with Crippen LogP contribution in [0.5, 0.6) is 5.75 Å². The Balaban J connectivity index is 0.000000304. The van der Waals surface area contributed by atoms with Gasteiger partial charge in [-0.15, -0.1) is 0 Å². The van der Waals surface area contributed by atoms with Crippen molar-refractivity contribution in [1.29, 1.82) is 0 Å². The summed E-state index contributed by atoms with van der Waals surface area (Å²) in [6.45, 7) is -1.21. The largest absolute Gasteiger partial charge is 0.507 e. The highest BCUT2D eigenvalue weighted by molar-refractivity contribution is 7.34. The molecule has 0 unspecified atom stereocenters. The molecule has 0 atom stereocenters. The molecule has 0 spiro atoms. The molecule has 0 radical (unpaired) electrons. The lowest BCUT2D eigenvalue weighted by molar-refractivity contribution is 0.0698. The van der Waals surface area contributed by atoms with Gasteiger partial charge in [-0.05, 0) is 12.1 Å². The van der Waals surface area contributed by atoms with E-state index in [4.69, 9.17) is 26.2 Å². The highest BCUT2D eigenvalue weighted by Crippen LogP contribution is 2.08. The Hall–Kier alpha value is -1.04. The van der Waals surface area contributed by atoms with E-state index in [1.54, 1.807) is 18.2 Å². The molecule has 0 amide bonds. The van der Waals surface area contributed by atoms with Gasteiger partial charge in [0.15, 0.2) is 8.46 Å². The molecular formula is C10H16NO5P. The van der Waals surface area contributed by atoms with E-state index in [1.807, 2.05) is 0 Å². The second-order valence-electron chi connectivity index (χ2n) is 3.42. The maximum absolute atomic E-state index is 10.2. The Morgan fingerprint density at radius 1 is 1.12 bits per heavy atom. The van der Waals surface area contributed by atoms with Crippen LogP contribution in [-0.4, -0.2) is 45.8 Å². The van der Waals surface area contributed by atoms with Gasteiger partial charge in [0.25, 0.3) is 0 Å². The third kappa shape index (κ3) is 5.72. The lowest BCUT2D eigenvalue weighted by Crippen LogP contribution is -2.50. The summed E-state index contributed by atoms with van der Waals surface area (Å²) in [4.78, 5) is 0. The summed E-state index contributed by atoms with van der Waals surface area (Å²) in [5, 5.41) is 34.4. The van der Waals surface area contributed by atoms with Crippen molar-refractivity contribution in [2.24, 2.45) is 5.73 Å². The molecule has 0 aliphatic rings. The predicted octanol–water partition coefficient (Wildman–Crippen LogP) is -1.03. The van der Waals surface area contributed by atoms with Gasteiger partial charge in [0.05, 0.1) is 30.7 Å². The van der Waals surface area contributed by atoms with Crippen molar-refractivity contribution in [2.45, 2.75) is 5.54 Å². The number of rotatable bonds is 4. The van der Waals surface area contributed by atoms with E-state index < -0.39 is 25.4 Å². The standard InChI is InChI=1S/C6H5O2P.C4H11NO3/c7-5-3-1-2-4-6(5)9-8;5-4(1-6,2-7)3-8/h1-4,7H;6-8H,1-3,5H2. The summed E-state index contributed by atoms with van der Waals surface area (Å²) in [6, 6.07) is 6.51. The number of benzene rings is 1. The Morgan fingerprint density at radius 2 is 1.59 bits per heavy atom. The third-order valence-corrected chi connectivity index (χ3v) is 2.50. The van der Waals surface area contributed by atoms with E-state index >= 15 is 0 Å². The van der Waals surface area contributed by atoms with Crippen LogP contribution in [-0.2, 0) is 4.57 Å². The van der Waals surface area contributed by atoms with E-state index in [9.17, 15) is 4.57 Å². The molecule has 6 N–H and O–H groups in total. The van der Waals surface area contributed by atoms with Crippen LogP contribution < -0.4 is 11.0 Å². The van der Waals surface area contributed by atoms with Crippen molar-refractivity contribution in [3.8, 4) is 5.75 Å². The van der Waals surface area contributed by atoms with E-state index in [-0.39, 0.29) is 14.2 Å². The summed E-state index contributed by atoms with van der Waals surface area (Å²) < 4.78 is 10.2. The molecular weight excluding hydrogens is 245 g/mol. The third-order valence-electron chi connectivity index (χ3n) is 1.92. The lowest BCUT2D eigenvalue weighted by Gasteiger charge is -2.20. The number of hydrogen-bond acceptors (Lipinski definition) is 6. The molecule has 0 aliphatic heterocycles. The highest BCUT2D eigenvalue weighted by atomic mass is 31.1. The van der Waals surface area contributed by atoms with E-state index in [0.29, 0.717) is 5.30 Å². The van der Waals surface area contributed by atoms with E-state index in [0.717, 1.165) is 0 Å². The Kier molecular flexibility index (Phi) is 7.61. The van der Waals surface area contributed by atoms with Gasteiger partial charge in [-0.1, -0.05) is 12.1 Å². The molecule has 0 saturated heterocycles. The Morgan fingerprint density at radius 3 is 1.82 bits per heavy atom. The second kappa shape index (κ2) is 8.11. The van der Waals surface area contributed by atoms with Gasteiger partial charge in [0, 0.05) is 0 Å². The van der Waals surface area contributed by atoms with Crippen molar-refractivity contribution in [3.05, 3.63) is 24.3 Å². The summed E-state index contributed by atoms with van der Waals surface area (Å²) in [5.74, 6) is 0.0779. The normalized spacial score (nSPS) is 10.8. The number of hydrogen-bond donors (Lipinski definition) is 5. The quantitative estimate of drug-likeness (QED) is 0.441. The molecule has 0 aliphatic carbocycles. The summed E-state index contributed by atoms with van der Waals surface area (Å²) in [6.07, 6.45) is 0. The summed E-state index contributed by atoms with van der Waals surface area (Å²) >= 11 is 0. The maximum atomic E-state index is 10.2. The minimum Gasteiger partial charge on any atom is -0.507 e. The number of aliphatic hydroxyl groups is 3. The zero-order valence-electron chi connectivity index (χ0n) is 9.15. The number of phenolic OH excluding ortho intramolecular Hbond substituents is 1. The van der Waals surface area contributed by atoms with Crippen LogP contribution in [0.2, 0.25) is 0 Å². The first-order valence-corrected chi connectivity index (χ1v) is 5.57. The van der Waals surface area contributed by atoms with Gasteiger partial charge < -0.3 is 26.2 Å². The topological polar surface area (TPSA) is 124 Å². The highest BCUT2D eigenvalue weighted by Gasteiger charge is 2.20. The molecule has 0 heterocycles. The number of aliphatic hydroxyl groups excluding tert-OH is 3. The van der Waals surface area contributed by atoms with Crippen molar-refractivity contribution in [3.63, 3.8) is 0 Å². The molecule has 1 aromatic carbocycles. The molecule has 0 saturated carbocycles. The molecule has 96 valence electrons. The van der Waals surface area contributed by atoms with E-state index in [1.165, 1.54) is 6.07 Å². The molecule has 0 fully saturated rings. The molecule has 0 aromatic heterocycles. The number of para-hydroxylation sites is 1. The van der Waals surface area contributed by atoms with E-state index in [2.05, 4.69) is 0 Å². The fraction of sp³-hybridized carbons (Fsp3) is 0.400. The van der Waals surface area contributed by atoms with Gasteiger partial charge in [-0.2, -0.15) is 0 Å². The fourth-order valence-corrected chi connectivity index (χ4v) is 1.01.